The largest absolute Gasteiger partial charge is 0.355 e. The van der Waals surface area contributed by atoms with Crippen LogP contribution in [0.4, 0.5) is 0 Å². The minimum atomic E-state index is 0.377. The van der Waals surface area contributed by atoms with Gasteiger partial charge >= 0.3 is 0 Å². The Morgan fingerprint density at radius 3 is 2.44 bits per heavy atom. The van der Waals surface area contributed by atoms with Gasteiger partial charge in [0, 0.05) is 6.61 Å². The van der Waals surface area contributed by atoms with Crippen molar-refractivity contribution >= 4 is 0 Å². The van der Waals surface area contributed by atoms with Gasteiger partial charge in [-0.15, -0.1) is 0 Å². The number of ether oxygens (including phenoxy) is 2. The second-order valence-electron chi connectivity index (χ2n) is 2.29. The highest BCUT2D eigenvalue weighted by molar-refractivity contribution is 4.36. The zero-order chi connectivity index (χ0) is 7.11. The average molecular weight is 131 g/mol. The van der Waals surface area contributed by atoms with Gasteiger partial charge in [-0.3, -0.25) is 0 Å². The van der Waals surface area contributed by atoms with Gasteiger partial charge in [-0.2, -0.15) is 0 Å². The molecule has 9 heavy (non-hydrogen) atoms. The van der Waals surface area contributed by atoms with Gasteiger partial charge in [-0.05, 0) is 12.8 Å². The summed E-state index contributed by atoms with van der Waals surface area (Å²) in [5.74, 6) is 0.582. The molecule has 0 unspecified atom stereocenters. The zero-order valence-corrected chi connectivity index (χ0v) is 6.22. The van der Waals surface area contributed by atoms with E-state index >= 15 is 0 Å². The van der Waals surface area contributed by atoms with Gasteiger partial charge in [0.05, 0.1) is 6.61 Å². The van der Waals surface area contributed by atoms with Crippen molar-refractivity contribution in [3.8, 4) is 0 Å². The van der Waals surface area contributed by atoms with Crippen LogP contribution >= 0.6 is 0 Å². The van der Waals surface area contributed by atoms with E-state index < -0.39 is 0 Å². The lowest BCUT2D eigenvalue weighted by molar-refractivity contribution is -0.0527. The van der Waals surface area contributed by atoms with E-state index in [2.05, 4.69) is 20.8 Å². The van der Waals surface area contributed by atoms with Crippen LogP contribution in [-0.4, -0.2) is 20.0 Å². The summed E-state index contributed by atoms with van der Waals surface area (Å²) in [6.07, 6.45) is 0. The highest BCUT2D eigenvalue weighted by Crippen LogP contribution is 1.91. The molecule has 0 rings (SSSR count). The van der Waals surface area contributed by atoms with E-state index in [1.165, 1.54) is 0 Å². The van der Waals surface area contributed by atoms with Gasteiger partial charge in [-0.1, -0.05) is 13.8 Å². The van der Waals surface area contributed by atoms with E-state index in [0.29, 0.717) is 19.3 Å². The van der Waals surface area contributed by atoms with Gasteiger partial charge < -0.3 is 9.47 Å². The lowest BCUT2D eigenvalue weighted by atomic mass is 10.2. The molecule has 0 heterocycles. The number of hydrogen-bond acceptors (Lipinski definition) is 2. The summed E-state index contributed by atoms with van der Waals surface area (Å²) >= 11 is 0. The van der Waals surface area contributed by atoms with Crippen LogP contribution in [0.15, 0.2) is 0 Å². The van der Waals surface area contributed by atoms with Crippen LogP contribution in [0.5, 0.6) is 0 Å². The molecule has 0 fully saturated rings. The number of hydrogen-bond donors (Lipinski definition) is 0. The predicted molar refractivity (Wildman–Crippen MR) is 37.0 cm³/mol. The highest BCUT2D eigenvalue weighted by atomic mass is 16.7. The Morgan fingerprint density at radius 2 is 2.00 bits per heavy atom. The lowest BCUT2D eigenvalue weighted by Crippen LogP contribution is -2.05. The van der Waals surface area contributed by atoms with Crippen molar-refractivity contribution in [3.05, 3.63) is 6.92 Å². The van der Waals surface area contributed by atoms with Gasteiger partial charge in [0.25, 0.3) is 0 Å². The molecule has 0 saturated heterocycles. The molecule has 1 radical (unpaired) electrons. The maximum Gasteiger partial charge on any atom is 0.146 e. The molecule has 0 N–H and O–H groups in total. The van der Waals surface area contributed by atoms with Crippen LogP contribution in [-0.2, 0) is 9.47 Å². The molecule has 0 aliphatic heterocycles. The molecule has 0 bridgehead atoms. The summed E-state index contributed by atoms with van der Waals surface area (Å²) < 4.78 is 9.92. The summed E-state index contributed by atoms with van der Waals surface area (Å²) in [4.78, 5) is 0. The van der Waals surface area contributed by atoms with Crippen LogP contribution in [0.2, 0.25) is 0 Å². The normalized spacial score (nSPS) is 10.7. The molecule has 0 spiro atoms. The SMILES string of the molecule is [CH2]COCOCC(C)C. The summed E-state index contributed by atoms with van der Waals surface area (Å²) in [5.41, 5.74) is 0. The van der Waals surface area contributed by atoms with Crippen molar-refractivity contribution in [2.24, 2.45) is 5.92 Å². The fourth-order valence-corrected chi connectivity index (χ4v) is 0.402. The third-order valence-corrected chi connectivity index (χ3v) is 0.762. The summed E-state index contributed by atoms with van der Waals surface area (Å²) in [6, 6.07) is 0. The van der Waals surface area contributed by atoms with Crippen LogP contribution < -0.4 is 0 Å². The standard InChI is InChI=1S/C7H15O2/c1-4-8-6-9-5-7(2)3/h7H,1,4-6H2,2-3H3. The van der Waals surface area contributed by atoms with Crippen LogP contribution in [0.3, 0.4) is 0 Å². The Balaban J connectivity index is 2.75. The van der Waals surface area contributed by atoms with Crippen LogP contribution in [0.1, 0.15) is 13.8 Å². The van der Waals surface area contributed by atoms with E-state index in [-0.39, 0.29) is 0 Å². The van der Waals surface area contributed by atoms with E-state index in [4.69, 9.17) is 9.47 Å². The molecular weight excluding hydrogens is 116 g/mol. The first-order valence-corrected chi connectivity index (χ1v) is 3.22. The van der Waals surface area contributed by atoms with E-state index in [0.717, 1.165) is 6.61 Å². The van der Waals surface area contributed by atoms with Crippen molar-refractivity contribution < 1.29 is 9.47 Å². The summed E-state index contributed by atoms with van der Waals surface area (Å²) in [6.45, 7) is 9.33. The second kappa shape index (κ2) is 6.05. The first-order valence-electron chi connectivity index (χ1n) is 3.22. The van der Waals surface area contributed by atoms with Gasteiger partial charge in [0.2, 0.25) is 0 Å². The fraction of sp³-hybridized carbons (Fsp3) is 0.857. The Bertz CT molecular complexity index is 52.9. The van der Waals surface area contributed by atoms with E-state index in [1.54, 1.807) is 0 Å². The predicted octanol–water partition coefficient (Wildman–Crippen LogP) is 1.47. The molecule has 0 aliphatic carbocycles. The van der Waals surface area contributed by atoms with Crippen LogP contribution in [0, 0.1) is 12.8 Å². The minimum absolute atomic E-state index is 0.377. The third kappa shape index (κ3) is 7.92. The van der Waals surface area contributed by atoms with Crippen molar-refractivity contribution in [1.29, 1.82) is 0 Å². The van der Waals surface area contributed by atoms with Crippen molar-refractivity contribution in [2.45, 2.75) is 13.8 Å². The van der Waals surface area contributed by atoms with Crippen LogP contribution in [0.25, 0.3) is 0 Å². The van der Waals surface area contributed by atoms with Gasteiger partial charge in [0.15, 0.2) is 0 Å². The molecule has 2 nitrogen and oxygen atoms in total. The van der Waals surface area contributed by atoms with E-state index in [1.807, 2.05) is 0 Å². The van der Waals surface area contributed by atoms with Crippen molar-refractivity contribution in [1.82, 2.24) is 0 Å². The monoisotopic (exact) mass is 131 g/mol. The molecule has 0 amide bonds. The molecule has 0 aliphatic rings. The molecule has 0 atom stereocenters. The Kier molecular flexibility index (Phi) is 5.99. The summed E-state index contributed by atoms with van der Waals surface area (Å²) in [7, 11) is 0. The maximum absolute atomic E-state index is 5.07. The maximum atomic E-state index is 5.07. The first-order chi connectivity index (χ1) is 4.27. The second-order valence-corrected chi connectivity index (χ2v) is 2.29. The quantitative estimate of drug-likeness (QED) is 0.415. The molecular formula is C7H15O2. The van der Waals surface area contributed by atoms with Gasteiger partial charge in [-0.25, -0.2) is 0 Å². The molecule has 0 saturated carbocycles. The van der Waals surface area contributed by atoms with Gasteiger partial charge in [0.1, 0.15) is 6.79 Å². The third-order valence-electron chi connectivity index (χ3n) is 0.762. The molecule has 2 heteroatoms. The number of rotatable bonds is 5. The average Bonchev–Trinajstić information content (AvgIpc) is 1.80. The Labute approximate surface area is 57.2 Å². The topological polar surface area (TPSA) is 18.5 Å². The first kappa shape index (κ1) is 8.92. The van der Waals surface area contributed by atoms with Crippen molar-refractivity contribution in [2.75, 3.05) is 20.0 Å². The highest BCUT2D eigenvalue weighted by Gasteiger charge is 1.91. The smallest absolute Gasteiger partial charge is 0.146 e. The molecule has 55 valence electrons. The molecule has 0 aromatic heterocycles. The fourth-order valence-electron chi connectivity index (χ4n) is 0.402. The lowest BCUT2D eigenvalue weighted by Gasteiger charge is -2.05. The van der Waals surface area contributed by atoms with Crippen molar-refractivity contribution in [3.63, 3.8) is 0 Å². The Hall–Kier alpha value is -0.0800. The van der Waals surface area contributed by atoms with E-state index in [9.17, 15) is 0 Å². The summed E-state index contributed by atoms with van der Waals surface area (Å²) in [5, 5.41) is 0. The molecule has 0 aromatic carbocycles. The Morgan fingerprint density at radius 1 is 1.33 bits per heavy atom. The molecule has 0 aromatic rings. The minimum Gasteiger partial charge on any atom is -0.355 e. The zero-order valence-electron chi connectivity index (χ0n) is 6.22.